The number of anilines is 1. The number of aromatic nitrogens is 2. The van der Waals surface area contributed by atoms with Gasteiger partial charge >= 0.3 is 6.03 Å². The van der Waals surface area contributed by atoms with Crippen molar-refractivity contribution in [1.82, 2.24) is 14.7 Å². The number of benzene rings is 1. The molecule has 0 saturated carbocycles. The molecule has 2 aromatic rings. The first-order valence-electron chi connectivity index (χ1n) is 6.54. The molecule has 0 aliphatic heterocycles. The van der Waals surface area contributed by atoms with Crippen LogP contribution in [0.25, 0.3) is 0 Å². The van der Waals surface area contributed by atoms with Crippen LogP contribution in [0.4, 0.5) is 10.7 Å². The molecule has 0 spiro atoms. The van der Waals surface area contributed by atoms with E-state index < -0.39 is 27.6 Å². The molecular formula is C14H14N4O4S. The van der Waals surface area contributed by atoms with Crippen molar-refractivity contribution < 1.29 is 18.0 Å². The fraction of sp³-hybridized carbons (Fsp3) is 0.143. The van der Waals surface area contributed by atoms with Crippen LogP contribution in [0.15, 0.2) is 42.7 Å². The Morgan fingerprint density at radius 2 is 1.70 bits per heavy atom. The molecular weight excluding hydrogens is 320 g/mol. The Balaban J connectivity index is 1.97. The zero-order valence-electron chi connectivity index (χ0n) is 12.2. The molecule has 0 aliphatic carbocycles. The number of rotatable bonds is 5. The van der Waals surface area contributed by atoms with E-state index in [1.807, 2.05) is 6.92 Å². The first-order valence-corrected chi connectivity index (χ1v) is 8.19. The third-order valence-corrected chi connectivity index (χ3v) is 3.87. The van der Waals surface area contributed by atoms with Crippen molar-refractivity contribution in [3.63, 3.8) is 0 Å². The van der Waals surface area contributed by atoms with Gasteiger partial charge in [0.25, 0.3) is 0 Å². The number of carbonyl (C=O) groups excluding carboxylic acids is 2. The van der Waals surface area contributed by atoms with Gasteiger partial charge < -0.3 is 0 Å². The van der Waals surface area contributed by atoms with Gasteiger partial charge in [-0.2, -0.15) is 0 Å². The molecule has 0 bridgehead atoms. The number of hydrogen-bond donors (Lipinski definition) is 2. The predicted molar refractivity (Wildman–Crippen MR) is 83.5 cm³/mol. The number of aryl methyl sites for hydroxylation is 1. The van der Waals surface area contributed by atoms with E-state index >= 15 is 0 Å². The Bertz CT molecular complexity index is 804. The number of carbonyl (C=O) groups is 2. The van der Waals surface area contributed by atoms with Gasteiger partial charge in [-0.05, 0) is 13.0 Å². The van der Waals surface area contributed by atoms with Gasteiger partial charge in [-0.25, -0.2) is 27.9 Å². The van der Waals surface area contributed by atoms with E-state index in [4.69, 9.17) is 0 Å². The van der Waals surface area contributed by atoms with Crippen molar-refractivity contribution in [2.75, 3.05) is 11.1 Å². The summed E-state index contributed by atoms with van der Waals surface area (Å²) < 4.78 is 25.4. The summed E-state index contributed by atoms with van der Waals surface area (Å²) in [5.41, 5.74) is 1.21. The Morgan fingerprint density at radius 1 is 1.09 bits per heavy atom. The van der Waals surface area contributed by atoms with Gasteiger partial charge in [-0.15, -0.1) is 0 Å². The molecule has 0 saturated heterocycles. The summed E-state index contributed by atoms with van der Waals surface area (Å²) in [5.74, 6) is -1.50. The molecule has 23 heavy (non-hydrogen) atoms. The standard InChI is InChI=1S/C14H14N4O4S/c1-10-3-5-11(6-4-10)12(19)9-23(21,22)18-14(20)17-13-15-7-2-8-16-13/h2-8H,9H2,1H3,(H2,15,16,17,18,20). The monoisotopic (exact) mass is 334 g/mol. The summed E-state index contributed by atoms with van der Waals surface area (Å²) >= 11 is 0. The topological polar surface area (TPSA) is 118 Å². The molecule has 8 nitrogen and oxygen atoms in total. The van der Waals surface area contributed by atoms with Crippen molar-refractivity contribution in [1.29, 1.82) is 0 Å². The first kappa shape index (κ1) is 16.6. The fourth-order valence-corrected chi connectivity index (χ4v) is 2.58. The van der Waals surface area contributed by atoms with E-state index in [9.17, 15) is 18.0 Å². The van der Waals surface area contributed by atoms with Crippen LogP contribution < -0.4 is 10.0 Å². The predicted octanol–water partition coefficient (Wildman–Crippen LogP) is 1.12. The van der Waals surface area contributed by atoms with Crippen molar-refractivity contribution >= 4 is 27.8 Å². The highest BCUT2D eigenvalue weighted by Crippen LogP contribution is 2.05. The summed E-state index contributed by atoms with van der Waals surface area (Å²) in [6.45, 7) is 1.85. The molecule has 1 aromatic carbocycles. The lowest BCUT2D eigenvalue weighted by atomic mass is 10.1. The highest BCUT2D eigenvalue weighted by molar-refractivity contribution is 7.90. The summed E-state index contributed by atoms with van der Waals surface area (Å²) in [5, 5.41) is 2.16. The molecule has 2 amide bonds. The lowest BCUT2D eigenvalue weighted by Crippen LogP contribution is -2.38. The summed E-state index contributed by atoms with van der Waals surface area (Å²) in [7, 11) is -4.13. The van der Waals surface area contributed by atoms with Crippen molar-refractivity contribution in [2.45, 2.75) is 6.92 Å². The molecule has 0 fully saturated rings. The molecule has 1 aromatic heterocycles. The molecule has 2 rings (SSSR count). The maximum absolute atomic E-state index is 11.9. The largest absolute Gasteiger partial charge is 0.335 e. The van der Waals surface area contributed by atoms with Gasteiger partial charge in [0.15, 0.2) is 5.78 Å². The highest BCUT2D eigenvalue weighted by atomic mass is 32.2. The molecule has 0 aliphatic rings. The normalized spacial score (nSPS) is 10.8. The third kappa shape index (κ3) is 5.15. The Morgan fingerprint density at radius 3 is 2.30 bits per heavy atom. The Kier molecular flexibility index (Phi) is 5.02. The number of ketones is 1. The minimum absolute atomic E-state index is 0.0509. The zero-order chi connectivity index (χ0) is 16.9. The van der Waals surface area contributed by atoms with E-state index in [1.165, 1.54) is 24.5 Å². The van der Waals surface area contributed by atoms with Crippen LogP contribution in [-0.4, -0.2) is 36.0 Å². The second-order valence-electron chi connectivity index (χ2n) is 4.68. The summed E-state index contributed by atoms with van der Waals surface area (Å²) in [4.78, 5) is 31.0. The number of nitrogens with one attached hydrogen (secondary N) is 2. The minimum Gasteiger partial charge on any atom is -0.293 e. The Hall–Kier alpha value is -2.81. The van der Waals surface area contributed by atoms with Gasteiger partial charge in [0, 0.05) is 18.0 Å². The lowest BCUT2D eigenvalue weighted by molar-refractivity contribution is 0.102. The number of hydrogen-bond acceptors (Lipinski definition) is 6. The molecule has 2 N–H and O–H groups in total. The first-order chi connectivity index (χ1) is 10.9. The smallest absolute Gasteiger partial charge is 0.293 e. The number of sulfonamides is 1. The van der Waals surface area contributed by atoms with Crippen LogP contribution in [0.2, 0.25) is 0 Å². The van der Waals surface area contributed by atoms with Gasteiger partial charge in [-0.3, -0.25) is 10.1 Å². The van der Waals surface area contributed by atoms with E-state index in [-0.39, 0.29) is 11.5 Å². The molecule has 120 valence electrons. The van der Waals surface area contributed by atoms with E-state index in [2.05, 4.69) is 15.3 Å². The summed E-state index contributed by atoms with van der Waals surface area (Å²) in [6.07, 6.45) is 2.77. The van der Waals surface area contributed by atoms with Gasteiger partial charge in [0.2, 0.25) is 16.0 Å². The van der Waals surface area contributed by atoms with Crippen molar-refractivity contribution in [3.8, 4) is 0 Å². The highest BCUT2D eigenvalue weighted by Gasteiger charge is 2.20. The second-order valence-corrected chi connectivity index (χ2v) is 6.40. The van der Waals surface area contributed by atoms with Gasteiger partial charge in [0.1, 0.15) is 5.75 Å². The average molecular weight is 334 g/mol. The SMILES string of the molecule is Cc1ccc(C(=O)CS(=O)(=O)NC(=O)Nc2ncccn2)cc1. The number of urea groups is 1. The van der Waals surface area contributed by atoms with Gasteiger partial charge in [0.05, 0.1) is 0 Å². The molecule has 0 unspecified atom stereocenters. The maximum atomic E-state index is 11.9. The Labute approximate surface area is 133 Å². The quantitative estimate of drug-likeness (QED) is 0.791. The van der Waals surface area contributed by atoms with E-state index in [1.54, 1.807) is 22.9 Å². The molecule has 0 radical (unpaired) electrons. The van der Waals surface area contributed by atoms with Crippen molar-refractivity contribution in [2.24, 2.45) is 0 Å². The fourth-order valence-electron chi connectivity index (χ4n) is 1.66. The van der Waals surface area contributed by atoms with Crippen molar-refractivity contribution in [3.05, 3.63) is 53.9 Å². The molecule has 0 atom stereocenters. The van der Waals surface area contributed by atoms with Crippen LogP contribution >= 0.6 is 0 Å². The summed E-state index contributed by atoms with van der Waals surface area (Å²) in [6, 6.07) is 6.98. The zero-order valence-corrected chi connectivity index (χ0v) is 13.0. The molecule has 1 heterocycles. The molecule has 9 heteroatoms. The second kappa shape index (κ2) is 6.97. The van der Waals surface area contributed by atoms with E-state index in [0.29, 0.717) is 0 Å². The van der Waals surface area contributed by atoms with Crippen LogP contribution in [0, 0.1) is 6.92 Å². The van der Waals surface area contributed by atoms with Crippen LogP contribution in [0.3, 0.4) is 0 Å². The number of nitrogens with zero attached hydrogens (tertiary/aromatic N) is 2. The number of Topliss-reactive ketones (excluding diaryl/α,β-unsaturated/α-hetero) is 1. The van der Waals surface area contributed by atoms with Gasteiger partial charge in [-0.1, -0.05) is 29.8 Å². The minimum atomic E-state index is -4.13. The third-order valence-electron chi connectivity index (χ3n) is 2.73. The van der Waals surface area contributed by atoms with Crippen LogP contribution in [-0.2, 0) is 10.0 Å². The van der Waals surface area contributed by atoms with Crippen LogP contribution in [0.1, 0.15) is 15.9 Å². The maximum Gasteiger partial charge on any atom is 0.335 e. The lowest BCUT2D eigenvalue weighted by Gasteiger charge is -2.07. The average Bonchev–Trinajstić information content (AvgIpc) is 2.47. The van der Waals surface area contributed by atoms with E-state index in [0.717, 1.165) is 5.56 Å². The van der Waals surface area contributed by atoms with Crippen LogP contribution in [0.5, 0.6) is 0 Å². The number of amides is 2.